The van der Waals surface area contributed by atoms with Crippen molar-refractivity contribution in [2.24, 2.45) is 4.99 Å². The Balaban J connectivity index is 2.22. The summed E-state index contributed by atoms with van der Waals surface area (Å²) in [6, 6.07) is 0. The molecule has 19 heavy (non-hydrogen) atoms. The van der Waals surface area contributed by atoms with Crippen LogP contribution in [0.2, 0.25) is 0 Å². The van der Waals surface area contributed by atoms with Crippen LogP contribution in [0.15, 0.2) is 17.6 Å². The van der Waals surface area contributed by atoms with E-state index in [-0.39, 0.29) is 6.61 Å². The quantitative estimate of drug-likeness (QED) is 0.348. The molecule has 0 radical (unpaired) electrons. The van der Waals surface area contributed by atoms with Crippen LogP contribution in [0.3, 0.4) is 0 Å². The number of likely N-dealkylation sites (N-methyl/N-ethyl adjacent to an activating group) is 1. The molecule has 0 spiro atoms. The third kappa shape index (κ3) is 5.07. The lowest BCUT2D eigenvalue weighted by molar-refractivity contribution is -0.835. The highest BCUT2D eigenvalue weighted by molar-refractivity contribution is 5.76. The second-order valence-electron chi connectivity index (χ2n) is 5.53. The summed E-state index contributed by atoms with van der Waals surface area (Å²) in [7, 11) is 0. The molecule has 0 saturated carbocycles. The molecule has 1 aliphatic rings. The van der Waals surface area contributed by atoms with Gasteiger partial charge in [0.15, 0.2) is 5.84 Å². The number of aliphatic hydroxyl groups excluding tert-OH is 1. The van der Waals surface area contributed by atoms with E-state index in [1.165, 1.54) is 37.9 Å². The summed E-state index contributed by atoms with van der Waals surface area (Å²) < 4.78 is 0.937. The van der Waals surface area contributed by atoms with Gasteiger partial charge in [-0.25, -0.2) is 4.99 Å². The van der Waals surface area contributed by atoms with E-state index in [1.807, 2.05) is 6.08 Å². The first kappa shape index (κ1) is 16.4. The number of unbranched alkanes of at least 4 members (excludes halogenated alkanes) is 5. The van der Waals surface area contributed by atoms with Crippen LogP contribution in [0.25, 0.3) is 0 Å². The Bertz CT molecular complexity index is 288. The van der Waals surface area contributed by atoms with E-state index in [4.69, 9.17) is 4.99 Å². The summed E-state index contributed by atoms with van der Waals surface area (Å²) in [4.78, 5) is 4.69. The van der Waals surface area contributed by atoms with E-state index in [9.17, 15) is 5.11 Å². The monoisotopic (exact) mass is 267 g/mol. The Labute approximate surface area is 118 Å². The SMILES string of the molecule is C=CCCCCCCCC1=NCC[N+]1(CC)CCO. The van der Waals surface area contributed by atoms with Gasteiger partial charge in [-0.2, -0.15) is 0 Å². The van der Waals surface area contributed by atoms with Crippen LogP contribution in [0.5, 0.6) is 0 Å². The number of allylic oxidation sites excluding steroid dienone is 1. The molecule has 1 heterocycles. The summed E-state index contributed by atoms with van der Waals surface area (Å²) in [5.74, 6) is 1.34. The molecule has 0 aromatic carbocycles. The maximum Gasteiger partial charge on any atom is 0.198 e. The van der Waals surface area contributed by atoms with Gasteiger partial charge in [0.25, 0.3) is 0 Å². The highest BCUT2D eigenvalue weighted by Crippen LogP contribution is 2.19. The molecular weight excluding hydrogens is 236 g/mol. The summed E-state index contributed by atoms with van der Waals surface area (Å²) in [6.07, 6.45) is 10.8. The summed E-state index contributed by atoms with van der Waals surface area (Å²) >= 11 is 0. The number of amidine groups is 1. The van der Waals surface area contributed by atoms with E-state index in [1.54, 1.807) is 0 Å². The van der Waals surface area contributed by atoms with E-state index in [0.29, 0.717) is 0 Å². The predicted octanol–water partition coefficient (Wildman–Crippen LogP) is 3.14. The highest BCUT2D eigenvalue weighted by Gasteiger charge is 2.35. The molecule has 0 aromatic rings. The number of hydrogen-bond acceptors (Lipinski definition) is 2. The molecule has 0 aromatic heterocycles. The maximum absolute atomic E-state index is 9.25. The van der Waals surface area contributed by atoms with Crippen LogP contribution in [0, 0.1) is 0 Å². The first-order valence-corrected chi connectivity index (χ1v) is 7.91. The Morgan fingerprint density at radius 2 is 2.00 bits per heavy atom. The number of rotatable bonds is 11. The number of quaternary nitrogens is 1. The molecule has 0 bridgehead atoms. The summed E-state index contributed by atoms with van der Waals surface area (Å²) in [5, 5.41) is 9.25. The van der Waals surface area contributed by atoms with Gasteiger partial charge in [-0.1, -0.05) is 25.3 Å². The van der Waals surface area contributed by atoms with Crippen molar-refractivity contribution >= 4 is 5.84 Å². The van der Waals surface area contributed by atoms with Crippen LogP contribution in [0.4, 0.5) is 0 Å². The molecule has 110 valence electrons. The molecule has 1 N–H and O–H groups in total. The van der Waals surface area contributed by atoms with E-state index in [0.717, 1.165) is 43.5 Å². The van der Waals surface area contributed by atoms with Gasteiger partial charge in [0.05, 0.1) is 19.7 Å². The number of hydrogen-bond donors (Lipinski definition) is 1. The van der Waals surface area contributed by atoms with Crippen molar-refractivity contribution in [3.63, 3.8) is 0 Å². The fraction of sp³-hybridized carbons (Fsp3) is 0.812. The third-order valence-corrected chi connectivity index (χ3v) is 4.31. The zero-order valence-corrected chi connectivity index (χ0v) is 12.6. The Morgan fingerprint density at radius 1 is 1.26 bits per heavy atom. The molecule has 1 rings (SSSR count). The third-order valence-electron chi connectivity index (χ3n) is 4.31. The van der Waals surface area contributed by atoms with Crippen LogP contribution in [-0.4, -0.2) is 48.2 Å². The molecule has 1 aliphatic heterocycles. The van der Waals surface area contributed by atoms with E-state index in [2.05, 4.69) is 13.5 Å². The molecule has 1 unspecified atom stereocenters. The van der Waals surface area contributed by atoms with Crippen LogP contribution in [-0.2, 0) is 0 Å². The largest absolute Gasteiger partial charge is 0.390 e. The smallest absolute Gasteiger partial charge is 0.198 e. The molecule has 0 saturated heterocycles. The Morgan fingerprint density at radius 3 is 2.68 bits per heavy atom. The fourth-order valence-corrected chi connectivity index (χ4v) is 3.00. The second kappa shape index (κ2) is 9.27. The topological polar surface area (TPSA) is 32.6 Å². The van der Waals surface area contributed by atoms with Crippen molar-refractivity contribution in [3.05, 3.63) is 12.7 Å². The first-order chi connectivity index (χ1) is 9.29. The lowest BCUT2D eigenvalue weighted by Crippen LogP contribution is -2.52. The van der Waals surface area contributed by atoms with Crippen molar-refractivity contribution in [3.8, 4) is 0 Å². The van der Waals surface area contributed by atoms with Crippen molar-refractivity contribution in [2.45, 2.75) is 51.9 Å². The summed E-state index contributed by atoms with van der Waals surface area (Å²) in [6.45, 7) is 10.2. The molecule has 0 amide bonds. The van der Waals surface area contributed by atoms with Crippen molar-refractivity contribution in [1.82, 2.24) is 0 Å². The van der Waals surface area contributed by atoms with Crippen LogP contribution < -0.4 is 0 Å². The van der Waals surface area contributed by atoms with Gasteiger partial charge in [-0.3, -0.25) is 4.48 Å². The van der Waals surface area contributed by atoms with Crippen molar-refractivity contribution < 1.29 is 9.59 Å². The number of nitrogens with zero attached hydrogens (tertiary/aromatic N) is 2. The average molecular weight is 267 g/mol. The molecule has 0 fully saturated rings. The molecule has 1 atom stereocenters. The van der Waals surface area contributed by atoms with Gasteiger partial charge in [0, 0.05) is 6.42 Å². The van der Waals surface area contributed by atoms with E-state index >= 15 is 0 Å². The second-order valence-corrected chi connectivity index (χ2v) is 5.53. The highest BCUT2D eigenvalue weighted by atomic mass is 16.3. The summed E-state index contributed by atoms with van der Waals surface area (Å²) in [5.41, 5.74) is 0. The molecule has 3 heteroatoms. The van der Waals surface area contributed by atoms with Gasteiger partial charge in [0.1, 0.15) is 13.1 Å². The zero-order chi connectivity index (χ0) is 14.0. The first-order valence-electron chi connectivity index (χ1n) is 7.91. The van der Waals surface area contributed by atoms with Gasteiger partial charge < -0.3 is 5.11 Å². The minimum absolute atomic E-state index is 0.272. The predicted molar refractivity (Wildman–Crippen MR) is 82.4 cm³/mol. The van der Waals surface area contributed by atoms with Gasteiger partial charge >= 0.3 is 0 Å². The normalized spacial score (nSPS) is 22.5. The molecular formula is C16H31N2O+. The van der Waals surface area contributed by atoms with Crippen LogP contribution in [0.1, 0.15) is 51.9 Å². The minimum atomic E-state index is 0.272. The molecule has 0 aliphatic carbocycles. The van der Waals surface area contributed by atoms with Gasteiger partial charge in [0.2, 0.25) is 0 Å². The average Bonchev–Trinajstić information content (AvgIpc) is 2.82. The molecule has 3 nitrogen and oxygen atoms in total. The minimum Gasteiger partial charge on any atom is -0.390 e. The van der Waals surface area contributed by atoms with E-state index < -0.39 is 0 Å². The maximum atomic E-state index is 9.25. The number of aliphatic imine (C=N–C) groups is 1. The van der Waals surface area contributed by atoms with Crippen molar-refractivity contribution in [1.29, 1.82) is 0 Å². The lowest BCUT2D eigenvalue weighted by atomic mass is 10.1. The standard InChI is InChI=1S/C16H31N2O/c1-3-5-6-7-8-9-10-11-16-17-12-13-18(16,4-2)14-15-19/h3,19H,1,4-15H2,2H3/q+1. The lowest BCUT2D eigenvalue weighted by Gasteiger charge is -2.33. The van der Waals surface area contributed by atoms with Gasteiger partial charge in [-0.15, -0.1) is 6.58 Å². The zero-order valence-electron chi connectivity index (χ0n) is 12.6. The Hall–Kier alpha value is -0.670. The Kier molecular flexibility index (Phi) is 7.99. The van der Waals surface area contributed by atoms with Crippen LogP contribution >= 0.6 is 0 Å². The number of aliphatic hydroxyl groups is 1. The fourth-order valence-electron chi connectivity index (χ4n) is 3.00. The van der Waals surface area contributed by atoms with Gasteiger partial charge in [-0.05, 0) is 26.2 Å². The van der Waals surface area contributed by atoms with Crippen molar-refractivity contribution in [2.75, 3.05) is 32.8 Å².